The molecule has 1 amide bonds. The third-order valence-electron chi connectivity index (χ3n) is 3.53. The van der Waals surface area contributed by atoms with Gasteiger partial charge in [-0.15, -0.1) is 0 Å². The molecule has 0 saturated carbocycles. The predicted molar refractivity (Wildman–Crippen MR) is 93.2 cm³/mol. The molecule has 8 heteroatoms. The second-order valence-electron chi connectivity index (χ2n) is 5.32. The van der Waals surface area contributed by atoms with Crippen molar-refractivity contribution in [2.75, 3.05) is 19.5 Å². The van der Waals surface area contributed by atoms with Gasteiger partial charge in [-0.2, -0.15) is 18.4 Å². The van der Waals surface area contributed by atoms with Gasteiger partial charge in [-0.25, -0.2) is 0 Å². The first kappa shape index (κ1) is 19.8. The molecule has 0 atom stereocenters. The molecule has 5 nitrogen and oxygen atoms in total. The van der Waals surface area contributed by atoms with Crippen LogP contribution >= 0.6 is 0 Å². The van der Waals surface area contributed by atoms with E-state index in [9.17, 15) is 23.2 Å². The number of rotatable bonds is 5. The van der Waals surface area contributed by atoms with Crippen LogP contribution in [0.25, 0.3) is 6.08 Å². The van der Waals surface area contributed by atoms with Crippen LogP contribution in [0.5, 0.6) is 11.5 Å². The van der Waals surface area contributed by atoms with Crippen LogP contribution in [0.2, 0.25) is 0 Å². The lowest BCUT2D eigenvalue weighted by Gasteiger charge is -2.10. The average Bonchev–Trinajstić information content (AvgIpc) is 2.65. The summed E-state index contributed by atoms with van der Waals surface area (Å²) in [6.45, 7) is 0. The molecule has 0 bridgehead atoms. The van der Waals surface area contributed by atoms with Gasteiger partial charge < -0.3 is 14.8 Å². The zero-order valence-electron chi connectivity index (χ0n) is 14.4. The number of carbonyl (C=O) groups is 1. The molecule has 140 valence electrons. The van der Waals surface area contributed by atoms with Gasteiger partial charge in [0.05, 0.1) is 19.8 Å². The number of halogens is 3. The molecule has 2 aromatic carbocycles. The SMILES string of the molecule is COc1ccc(NC(=O)/C(C#N)=C/c2cccc(C(F)(F)F)c2)cc1OC. The van der Waals surface area contributed by atoms with Gasteiger partial charge in [-0.05, 0) is 35.9 Å². The normalized spacial score (nSPS) is 11.5. The van der Waals surface area contributed by atoms with Crippen molar-refractivity contribution in [3.05, 3.63) is 59.2 Å². The summed E-state index contributed by atoms with van der Waals surface area (Å²) in [5.41, 5.74) is -0.787. The van der Waals surface area contributed by atoms with Crippen molar-refractivity contribution in [2.45, 2.75) is 6.18 Å². The van der Waals surface area contributed by atoms with E-state index in [0.717, 1.165) is 18.2 Å². The fourth-order valence-electron chi connectivity index (χ4n) is 2.23. The lowest BCUT2D eigenvalue weighted by Crippen LogP contribution is -2.13. The van der Waals surface area contributed by atoms with Gasteiger partial charge in [0.1, 0.15) is 11.6 Å². The summed E-state index contributed by atoms with van der Waals surface area (Å²) in [5, 5.41) is 11.7. The first-order chi connectivity index (χ1) is 12.8. The molecule has 0 aliphatic rings. The Morgan fingerprint density at radius 3 is 2.41 bits per heavy atom. The summed E-state index contributed by atoms with van der Waals surface area (Å²) in [5.74, 6) is 0.0633. The first-order valence-electron chi connectivity index (χ1n) is 7.61. The molecule has 2 rings (SSSR count). The number of anilines is 1. The molecule has 2 aromatic rings. The number of ether oxygens (including phenoxy) is 2. The number of carbonyl (C=O) groups excluding carboxylic acids is 1. The van der Waals surface area contributed by atoms with Crippen LogP contribution in [0.1, 0.15) is 11.1 Å². The summed E-state index contributed by atoms with van der Waals surface area (Å²) >= 11 is 0. The van der Waals surface area contributed by atoms with Crippen molar-refractivity contribution >= 4 is 17.7 Å². The van der Waals surface area contributed by atoms with E-state index in [2.05, 4.69) is 5.32 Å². The minimum absolute atomic E-state index is 0.0869. The Labute approximate surface area is 153 Å². The minimum atomic E-state index is -4.52. The van der Waals surface area contributed by atoms with Gasteiger partial charge in [-0.1, -0.05) is 12.1 Å². The second kappa shape index (κ2) is 8.27. The fourth-order valence-corrected chi connectivity index (χ4v) is 2.23. The molecule has 27 heavy (non-hydrogen) atoms. The van der Waals surface area contributed by atoms with E-state index in [1.54, 1.807) is 18.2 Å². The van der Waals surface area contributed by atoms with E-state index >= 15 is 0 Å². The quantitative estimate of drug-likeness (QED) is 0.625. The number of nitriles is 1. The predicted octanol–water partition coefficient (Wildman–Crippen LogP) is 4.27. The maximum Gasteiger partial charge on any atom is 0.416 e. The molecular weight excluding hydrogens is 361 g/mol. The summed E-state index contributed by atoms with van der Waals surface area (Å²) < 4.78 is 48.6. The summed E-state index contributed by atoms with van der Waals surface area (Å²) in [6.07, 6.45) is -3.43. The first-order valence-corrected chi connectivity index (χ1v) is 7.61. The van der Waals surface area contributed by atoms with Crippen molar-refractivity contribution in [1.29, 1.82) is 5.26 Å². The van der Waals surface area contributed by atoms with E-state index in [1.165, 1.54) is 32.4 Å². The van der Waals surface area contributed by atoms with E-state index < -0.39 is 17.6 Å². The molecule has 0 aromatic heterocycles. The maximum atomic E-state index is 12.8. The third kappa shape index (κ3) is 5.01. The maximum absolute atomic E-state index is 12.8. The molecule has 0 aliphatic heterocycles. The summed E-state index contributed by atoms with van der Waals surface area (Å²) in [7, 11) is 2.89. The van der Waals surface area contributed by atoms with Gasteiger partial charge in [0.25, 0.3) is 5.91 Å². The average molecular weight is 376 g/mol. The summed E-state index contributed by atoms with van der Waals surface area (Å²) in [4.78, 5) is 12.3. The highest BCUT2D eigenvalue weighted by Crippen LogP contribution is 2.31. The van der Waals surface area contributed by atoms with Crippen molar-refractivity contribution in [3.8, 4) is 17.6 Å². The molecule has 0 unspecified atom stereocenters. The Hall–Kier alpha value is -3.47. The van der Waals surface area contributed by atoms with Crippen LogP contribution in [0, 0.1) is 11.3 Å². The molecule has 0 heterocycles. The summed E-state index contributed by atoms with van der Waals surface area (Å²) in [6, 6.07) is 10.6. The number of amides is 1. The standard InChI is InChI=1S/C19H15F3N2O3/c1-26-16-7-6-15(10-17(16)27-2)24-18(25)13(11-23)8-12-4-3-5-14(9-12)19(20,21)22/h3-10H,1-2H3,(H,24,25)/b13-8+. The number of methoxy groups -OCH3 is 2. The Morgan fingerprint density at radius 1 is 1.11 bits per heavy atom. The number of alkyl halides is 3. The highest BCUT2D eigenvalue weighted by molar-refractivity contribution is 6.09. The molecule has 1 N–H and O–H groups in total. The van der Waals surface area contributed by atoms with E-state index in [0.29, 0.717) is 17.2 Å². The number of hydrogen-bond donors (Lipinski definition) is 1. The van der Waals surface area contributed by atoms with Gasteiger partial charge in [0, 0.05) is 11.8 Å². The van der Waals surface area contributed by atoms with Crippen LogP contribution < -0.4 is 14.8 Å². The van der Waals surface area contributed by atoms with Gasteiger partial charge in [0.15, 0.2) is 11.5 Å². The number of hydrogen-bond acceptors (Lipinski definition) is 4. The van der Waals surface area contributed by atoms with Crippen molar-refractivity contribution in [3.63, 3.8) is 0 Å². The number of nitrogens with zero attached hydrogens (tertiary/aromatic N) is 1. The third-order valence-corrected chi connectivity index (χ3v) is 3.53. The highest BCUT2D eigenvalue weighted by Gasteiger charge is 2.30. The zero-order valence-corrected chi connectivity index (χ0v) is 14.4. The van der Waals surface area contributed by atoms with Crippen LogP contribution in [-0.4, -0.2) is 20.1 Å². The second-order valence-corrected chi connectivity index (χ2v) is 5.32. The minimum Gasteiger partial charge on any atom is -0.493 e. The topological polar surface area (TPSA) is 71.3 Å². The van der Waals surface area contributed by atoms with E-state index in [1.807, 2.05) is 0 Å². The van der Waals surface area contributed by atoms with Crippen molar-refractivity contribution in [2.24, 2.45) is 0 Å². The molecule has 0 spiro atoms. The highest BCUT2D eigenvalue weighted by atomic mass is 19.4. The lowest BCUT2D eigenvalue weighted by atomic mass is 10.1. The Morgan fingerprint density at radius 2 is 1.81 bits per heavy atom. The number of nitrogens with one attached hydrogen (secondary N) is 1. The Kier molecular flexibility index (Phi) is 6.08. The Bertz CT molecular complexity index is 915. The molecule has 0 saturated heterocycles. The largest absolute Gasteiger partial charge is 0.493 e. The molecular formula is C19H15F3N2O3. The smallest absolute Gasteiger partial charge is 0.416 e. The van der Waals surface area contributed by atoms with Crippen LogP contribution in [0.15, 0.2) is 48.0 Å². The van der Waals surface area contributed by atoms with Gasteiger partial charge in [0.2, 0.25) is 0 Å². The fraction of sp³-hybridized carbons (Fsp3) is 0.158. The molecule has 0 fully saturated rings. The zero-order chi connectivity index (χ0) is 20.0. The number of benzene rings is 2. The van der Waals surface area contributed by atoms with Crippen LogP contribution in [-0.2, 0) is 11.0 Å². The van der Waals surface area contributed by atoms with Crippen LogP contribution in [0.4, 0.5) is 18.9 Å². The van der Waals surface area contributed by atoms with Crippen LogP contribution in [0.3, 0.4) is 0 Å². The van der Waals surface area contributed by atoms with E-state index in [-0.39, 0.29) is 11.1 Å². The lowest BCUT2D eigenvalue weighted by molar-refractivity contribution is -0.137. The Balaban J connectivity index is 2.26. The van der Waals surface area contributed by atoms with Crippen molar-refractivity contribution in [1.82, 2.24) is 0 Å². The monoisotopic (exact) mass is 376 g/mol. The molecule has 0 aliphatic carbocycles. The van der Waals surface area contributed by atoms with E-state index in [4.69, 9.17) is 9.47 Å². The molecule has 0 radical (unpaired) electrons. The van der Waals surface area contributed by atoms with Gasteiger partial charge >= 0.3 is 6.18 Å². The van der Waals surface area contributed by atoms with Crippen molar-refractivity contribution < 1.29 is 27.4 Å². The van der Waals surface area contributed by atoms with Gasteiger partial charge in [-0.3, -0.25) is 4.79 Å².